The van der Waals surface area contributed by atoms with E-state index in [4.69, 9.17) is 4.52 Å². The first-order valence-corrected chi connectivity index (χ1v) is 5.76. The zero-order valence-electron chi connectivity index (χ0n) is 8.09. The van der Waals surface area contributed by atoms with Crippen LogP contribution in [0, 0.1) is 3.83 Å². The lowest BCUT2D eigenvalue weighted by molar-refractivity contribution is 0.426. The smallest absolute Gasteiger partial charge is 0.259 e. The van der Waals surface area contributed by atoms with Crippen LogP contribution in [-0.2, 0) is 0 Å². The van der Waals surface area contributed by atoms with Crippen molar-refractivity contribution in [3.63, 3.8) is 0 Å². The minimum atomic E-state index is 0.531. The van der Waals surface area contributed by atoms with Crippen LogP contribution >= 0.6 is 22.6 Å². The van der Waals surface area contributed by atoms with Gasteiger partial charge in [-0.15, -0.1) is 0 Å². The number of aromatic nitrogens is 3. The van der Waals surface area contributed by atoms with Gasteiger partial charge in [0.1, 0.15) is 0 Å². The van der Waals surface area contributed by atoms with Gasteiger partial charge in [0.2, 0.25) is 3.83 Å². The maximum atomic E-state index is 5.16. The SMILES string of the molecule is Ic1noc(-c2cccc3ncccc23)n1. The molecule has 0 aliphatic rings. The molecule has 0 fully saturated rings. The minimum absolute atomic E-state index is 0.531. The summed E-state index contributed by atoms with van der Waals surface area (Å²) in [4.78, 5) is 8.49. The standard InChI is InChI=1S/C11H6IN3O/c12-11-14-10(16-15-11)8-3-1-5-9-7(8)4-2-6-13-9/h1-6H. The average Bonchev–Trinajstić information content (AvgIpc) is 2.75. The van der Waals surface area contributed by atoms with Gasteiger partial charge >= 0.3 is 0 Å². The zero-order valence-corrected chi connectivity index (χ0v) is 10.2. The predicted molar refractivity (Wildman–Crippen MR) is 67.8 cm³/mol. The summed E-state index contributed by atoms with van der Waals surface area (Å²) in [5, 5.41) is 4.80. The van der Waals surface area contributed by atoms with E-state index in [1.165, 1.54) is 0 Å². The van der Waals surface area contributed by atoms with Crippen molar-refractivity contribution < 1.29 is 4.52 Å². The molecule has 4 nitrogen and oxygen atoms in total. The van der Waals surface area contributed by atoms with Crippen LogP contribution in [0.2, 0.25) is 0 Å². The molecule has 0 aliphatic heterocycles. The molecule has 1 aromatic carbocycles. The average molecular weight is 323 g/mol. The number of rotatable bonds is 1. The minimum Gasteiger partial charge on any atom is -0.333 e. The van der Waals surface area contributed by atoms with Crippen molar-refractivity contribution in [2.24, 2.45) is 0 Å². The first kappa shape index (κ1) is 9.71. The van der Waals surface area contributed by atoms with Gasteiger partial charge in [0.15, 0.2) is 0 Å². The molecule has 0 aliphatic carbocycles. The van der Waals surface area contributed by atoms with Crippen LogP contribution in [0.25, 0.3) is 22.4 Å². The van der Waals surface area contributed by atoms with Crippen LogP contribution in [0.4, 0.5) is 0 Å². The molecule has 0 amide bonds. The predicted octanol–water partition coefficient (Wildman–Crippen LogP) is 2.89. The first-order chi connectivity index (χ1) is 7.84. The third-order valence-corrected chi connectivity index (χ3v) is 2.72. The highest BCUT2D eigenvalue weighted by atomic mass is 127. The van der Waals surface area contributed by atoms with E-state index in [1.54, 1.807) is 6.20 Å². The van der Waals surface area contributed by atoms with Crippen molar-refractivity contribution in [3.8, 4) is 11.5 Å². The number of fused-ring (bicyclic) bond motifs is 1. The monoisotopic (exact) mass is 323 g/mol. The molecular formula is C11H6IN3O. The Bertz CT molecular complexity index is 645. The number of hydrogen-bond acceptors (Lipinski definition) is 4. The Morgan fingerprint density at radius 1 is 1.12 bits per heavy atom. The third-order valence-electron chi connectivity index (χ3n) is 2.28. The van der Waals surface area contributed by atoms with E-state index in [1.807, 2.05) is 52.9 Å². The summed E-state index contributed by atoms with van der Waals surface area (Å²) in [5.74, 6) is 0.531. The van der Waals surface area contributed by atoms with Gasteiger partial charge in [0.05, 0.1) is 5.52 Å². The molecule has 0 N–H and O–H groups in total. The lowest BCUT2D eigenvalue weighted by atomic mass is 10.1. The fourth-order valence-electron chi connectivity index (χ4n) is 1.60. The topological polar surface area (TPSA) is 51.8 Å². The quantitative estimate of drug-likeness (QED) is 0.646. The van der Waals surface area contributed by atoms with Gasteiger partial charge < -0.3 is 4.52 Å². The van der Waals surface area contributed by atoms with Crippen molar-refractivity contribution in [1.29, 1.82) is 0 Å². The molecule has 5 heteroatoms. The lowest BCUT2D eigenvalue weighted by Gasteiger charge is -2.00. The molecule has 0 unspecified atom stereocenters. The molecule has 2 aromatic heterocycles. The van der Waals surface area contributed by atoms with Crippen LogP contribution in [0.15, 0.2) is 41.1 Å². The van der Waals surface area contributed by atoms with Crippen LogP contribution in [0.3, 0.4) is 0 Å². The maximum absolute atomic E-state index is 5.16. The van der Waals surface area contributed by atoms with Crippen LogP contribution in [0.5, 0.6) is 0 Å². The first-order valence-electron chi connectivity index (χ1n) is 4.68. The summed E-state index contributed by atoms with van der Waals surface area (Å²) in [6.07, 6.45) is 1.77. The number of pyridine rings is 1. The summed E-state index contributed by atoms with van der Waals surface area (Å²) in [6.45, 7) is 0. The second kappa shape index (κ2) is 3.82. The second-order valence-corrected chi connectivity index (χ2v) is 4.21. The number of halogens is 1. The van der Waals surface area contributed by atoms with Crippen LogP contribution in [-0.4, -0.2) is 15.1 Å². The van der Waals surface area contributed by atoms with Crippen molar-refractivity contribution in [2.75, 3.05) is 0 Å². The molecule has 16 heavy (non-hydrogen) atoms. The van der Waals surface area contributed by atoms with E-state index < -0.39 is 0 Å². The number of hydrogen-bond donors (Lipinski definition) is 0. The largest absolute Gasteiger partial charge is 0.333 e. The summed E-state index contributed by atoms with van der Waals surface area (Å²) in [5.41, 5.74) is 1.84. The molecular weight excluding hydrogens is 317 g/mol. The molecule has 0 bridgehead atoms. The summed E-state index contributed by atoms with van der Waals surface area (Å²) < 4.78 is 5.77. The molecule has 0 atom stereocenters. The Labute approximate surface area is 105 Å². The van der Waals surface area contributed by atoms with Gasteiger partial charge in [0.25, 0.3) is 5.89 Å². The van der Waals surface area contributed by atoms with Crippen molar-refractivity contribution in [1.82, 2.24) is 15.1 Å². The van der Waals surface area contributed by atoms with Gasteiger partial charge in [-0.05, 0) is 18.2 Å². The van der Waals surface area contributed by atoms with E-state index in [0.717, 1.165) is 16.5 Å². The number of benzene rings is 1. The highest BCUT2D eigenvalue weighted by molar-refractivity contribution is 14.1. The molecule has 3 aromatic rings. The van der Waals surface area contributed by atoms with Gasteiger partial charge in [-0.1, -0.05) is 17.3 Å². The highest BCUT2D eigenvalue weighted by Crippen LogP contribution is 2.26. The fourth-order valence-corrected chi connectivity index (χ4v) is 1.92. The summed E-state index contributed by atoms with van der Waals surface area (Å²) >= 11 is 2.02. The molecule has 78 valence electrons. The fraction of sp³-hybridized carbons (Fsp3) is 0. The second-order valence-electron chi connectivity index (χ2n) is 3.24. The molecule has 0 saturated carbocycles. The van der Waals surface area contributed by atoms with Crippen LogP contribution < -0.4 is 0 Å². The Hall–Kier alpha value is -1.50. The van der Waals surface area contributed by atoms with Crippen molar-refractivity contribution >= 4 is 33.5 Å². The number of nitrogens with zero attached hydrogens (tertiary/aromatic N) is 3. The Balaban J connectivity index is 2.31. The Morgan fingerprint density at radius 2 is 2.06 bits per heavy atom. The molecule has 0 saturated heterocycles. The van der Waals surface area contributed by atoms with Gasteiger partial charge in [-0.3, -0.25) is 4.98 Å². The lowest BCUT2D eigenvalue weighted by Crippen LogP contribution is -1.83. The van der Waals surface area contributed by atoms with Gasteiger partial charge in [-0.2, -0.15) is 4.98 Å². The van der Waals surface area contributed by atoms with E-state index in [9.17, 15) is 0 Å². The Morgan fingerprint density at radius 3 is 2.88 bits per heavy atom. The van der Waals surface area contributed by atoms with E-state index in [0.29, 0.717) is 9.72 Å². The summed E-state index contributed by atoms with van der Waals surface area (Å²) in [6, 6.07) is 9.73. The molecule has 0 radical (unpaired) electrons. The zero-order chi connectivity index (χ0) is 11.0. The van der Waals surface area contributed by atoms with Crippen molar-refractivity contribution in [3.05, 3.63) is 40.4 Å². The van der Waals surface area contributed by atoms with E-state index in [2.05, 4.69) is 15.1 Å². The molecule has 0 spiro atoms. The maximum Gasteiger partial charge on any atom is 0.259 e. The Kier molecular flexibility index (Phi) is 2.32. The van der Waals surface area contributed by atoms with Crippen LogP contribution in [0.1, 0.15) is 0 Å². The molecule has 3 rings (SSSR count). The van der Waals surface area contributed by atoms with Gasteiger partial charge in [-0.25, -0.2) is 0 Å². The highest BCUT2D eigenvalue weighted by Gasteiger charge is 2.10. The van der Waals surface area contributed by atoms with E-state index in [-0.39, 0.29) is 0 Å². The third kappa shape index (κ3) is 1.57. The van der Waals surface area contributed by atoms with Gasteiger partial charge in [0, 0.05) is 39.7 Å². The molecule has 2 heterocycles. The van der Waals surface area contributed by atoms with Crippen molar-refractivity contribution in [2.45, 2.75) is 0 Å². The normalized spacial score (nSPS) is 10.8. The van der Waals surface area contributed by atoms with E-state index >= 15 is 0 Å². The summed E-state index contributed by atoms with van der Waals surface area (Å²) in [7, 11) is 0.